The molecule has 0 bridgehead atoms. The summed E-state index contributed by atoms with van der Waals surface area (Å²) in [5, 5.41) is 3.51. The molecule has 146 valence electrons. The van der Waals surface area contributed by atoms with Gasteiger partial charge in [-0.15, -0.1) is 0 Å². The molecule has 1 aromatic carbocycles. The largest absolute Gasteiger partial charge is 0.314 e. The third-order valence-electron chi connectivity index (χ3n) is 6.16. The minimum atomic E-state index is 0.264. The van der Waals surface area contributed by atoms with Crippen molar-refractivity contribution in [2.75, 3.05) is 26.2 Å². The molecule has 1 aromatic heterocycles. The number of allylic oxidation sites excluding steroid dienone is 6. The zero-order valence-corrected chi connectivity index (χ0v) is 16.9. The average molecular weight is 382 g/mol. The van der Waals surface area contributed by atoms with E-state index in [9.17, 15) is 0 Å². The van der Waals surface area contributed by atoms with Crippen LogP contribution in [0.5, 0.6) is 0 Å². The van der Waals surface area contributed by atoms with Gasteiger partial charge >= 0.3 is 0 Å². The van der Waals surface area contributed by atoms with E-state index in [4.69, 9.17) is 4.98 Å². The number of benzene rings is 1. The van der Waals surface area contributed by atoms with Gasteiger partial charge in [0, 0.05) is 37.9 Å². The van der Waals surface area contributed by atoms with Crippen molar-refractivity contribution >= 4 is 6.08 Å². The number of rotatable bonds is 2. The quantitative estimate of drug-likeness (QED) is 0.800. The molecule has 2 heterocycles. The van der Waals surface area contributed by atoms with Crippen LogP contribution in [-0.2, 0) is 0 Å². The van der Waals surface area contributed by atoms with E-state index in [1.54, 1.807) is 0 Å². The Bertz CT molecular complexity index is 1020. The zero-order valence-electron chi connectivity index (χ0n) is 16.9. The molecular formula is C26H27N3. The van der Waals surface area contributed by atoms with Crippen molar-refractivity contribution in [3.63, 3.8) is 0 Å². The molecule has 0 amide bonds. The molecule has 3 nitrogen and oxygen atoms in total. The lowest BCUT2D eigenvalue weighted by atomic mass is 9.90. The van der Waals surface area contributed by atoms with Gasteiger partial charge in [0.2, 0.25) is 0 Å². The van der Waals surface area contributed by atoms with Gasteiger partial charge in [0.1, 0.15) is 0 Å². The third kappa shape index (κ3) is 3.64. The van der Waals surface area contributed by atoms with Crippen LogP contribution in [0.15, 0.2) is 83.6 Å². The topological polar surface area (TPSA) is 28.2 Å². The van der Waals surface area contributed by atoms with E-state index in [2.05, 4.69) is 83.9 Å². The molecule has 5 rings (SSSR count). The molecular weight excluding hydrogens is 354 g/mol. The number of nitrogens with one attached hydrogen (secondary N) is 1. The molecule has 3 aliphatic rings. The SMILES string of the molecule is CC1=CCC2=C(C=C1)C=Cc1ncc(-c3ccccc3)cc1C2N1CCNCC1. The highest BCUT2D eigenvalue weighted by atomic mass is 15.2. The lowest BCUT2D eigenvalue weighted by Gasteiger charge is -2.37. The Hall–Kier alpha value is -2.75. The fourth-order valence-electron chi connectivity index (χ4n) is 4.57. The summed E-state index contributed by atoms with van der Waals surface area (Å²) in [4.78, 5) is 7.54. The minimum Gasteiger partial charge on any atom is -0.314 e. The summed E-state index contributed by atoms with van der Waals surface area (Å²) in [6.07, 6.45) is 14.3. The second-order valence-electron chi connectivity index (χ2n) is 8.05. The Morgan fingerprint density at radius 3 is 2.59 bits per heavy atom. The minimum absolute atomic E-state index is 0.264. The third-order valence-corrected chi connectivity index (χ3v) is 6.16. The molecule has 1 N–H and O–H groups in total. The number of hydrogen-bond acceptors (Lipinski definition) is 3. The van der Waals surface area contributed by atoms with Crippen LogP contribution in [0.4, 0.5) is 0 Å². The highest BCUT2D eigenvalue weighted by Crippen LogP contribution is 2.40. The number of nitrogens with zero attached hydrogens (tertiary/aromatic N) is 2. The first-order chi connectivity index (χ1) is 14.3. The summed E-state index contributed by atoms with van der Waals surface area (Å²) < 4.78 is 0. The summed E-state index contributed by atoms with van der Waals surface area (Å²) >= 11 is 0. The number of pyridine rings is 1. The lowest BCUT2D eigenvalue weighted by molar-refractivity contribution is 0.193. The molecule has 29 heavy (non-hydrogen) atoms. The Morgan fingerprint density at radius 2 is 1.76 bits per heavy atom. The van der Waals surface area contributed by atoms with Crippen molar-refractivity contribution in [3.05, 3.63) is 94.9 Å². The van der Waals surface area contributed by atoms with Crippen molar-refractivity contribution in [2.45, 2.75) is 19.4 Å². The standard InChI is InChI=1S/C26H27N3/c1-19-7-9-21-10-12-25-24(17-22(18-28-25)20-5-3-2-4-6-20)26(23(21)11-8-19)29-15-13-27-14-16-29/h2-10,12,17-18,26-27H,11,13-16H2,1H3. The summed E-state index contributed by atoms with van der Waals surface area (Å²) in [5.41, 5.74) is 9.00. The molecule has 2 aliphatic carbocycles. The van der Waals surface area contributed by atoms with Gasteiger partial charge in [0.15, 0.2) is 0 Å². The van der Waals surface area contributed by atoms with Crippen molar-refractivity contribution in [1.82, 2.24) is 15.2 Å². The first-order valence-electron chi connectivity index (χ1n) is 10.6. The zero-order chi connectivity index (χ0) is 19.6. The second-order valence-corrected chi connectivity index (χ2v) is 8.05. The molecule has 2 aromatic rings. The van der Waals surface area contributed by atoms with Gasteiger partial charge in [-0.3, -0.25) is 9.88 Å². The molecule has 0 radical (unpaired) electrons. The Balaban J connectivity index is 1.66. The molecule has 1 unspecified atom stereocenters. The monoisotopic (exact) mass is 381 g/mol. The van der Waals surface area contributed by atoms with Crippen LogP contribution in [-0.4, -0.2) is 36.1 Å². The van der Waals surface area contributed by atoms with Crippen molar-refractivity contribution in [3.8, 4) is 11.1 Å². The van der Waals surface area contributed by atoms with Gasteiger partial charge in [-0.1, -0.05) is 60.2 Å². The molecule has 0 saturated carbocycles. The fraction of sp³-hybridized carbons (Fsp3) is 0.269. The van der Waals surface area contributed by atoms with E-state index >= 15 is 0 Å². The summed E-state index contributed by atoms with van der Waals surface area (Å²) in [6.45, 7) is 6.39. The molecule has 1 atom stereocenters. The Labute approximate surface area is 173 Å². The summed E-state index contributed by atoms with van der Waals surface area (Å²) in [6, 6.07) is 13.2. The number of hydrogen-bond donors (Lipinski definition) is 1. The smallest absolute Gasteiger partial charge is 0.0681 e. The van der Waals surface area contributed by atoms with Gasteiger partial charge in [0.25, 0.3) is 0 Å². The second kappa shape index (κ2) is 7.94. The maximum atomic E-state index is 4.90. The van der Waals surface area contributed by atoms with Crippen LogP contribution in [0.3, 0.4) is 0 Å². The van der Waals surface area contributed by atoms with Crippen molar-refractivity contribution in [2.24, 2.45) is 0 Å². The first kappa shape index (κ1) is 18.3. The van der Waals surface area contributed by atoms with Gasteiger partial charge < -0.3 is 5.32 Å². The molecule has 3 heteroatoms. The maximum absolute atomic E-state index is 4.90. The van der Waals surface area contributed by atoms with Gasteiger partial charge in [-0.2, -0.15) is 0 Å². The van der Waals surface area contributed by atoms with Gasteiger partial charge in [-0.25, -0.2) is 0 Å². The number of fused-ring (bicyclic) bond motifs is 1. The predicted molar refractivity (Wildman–Crippen MR) is 120 cm³/mol. The molecule has 1 fully saturated rings. The van der Waals surface area contributed by atoms with Crippen LogP contribution in [0.2, 0.25) is 0 Å². The van der Waals surface area contributed by atoms with Crippen LogP contribution in [0, 0.1) is 0 Å². The van der Waals surface area contributed by atoms with Gasteiger partial charge in [0.05, 0.1) is 11.7 Å². The van der Waals surface area contributed by atoms with Crippen molar-refractivity contribution in [1.29, 1.82) is 0 Å². The number of piperazine rings is 1. The van der Waals surface area contributed by atoms with E-state index in [0.717, 1.165) is 38.3 Å². The fourth-order valence-corrected chi connectivity index (χ4v) is 4.57. The Morgan fingerprint density at radius 1 is 0.966 bits per heavy atom. The van der Waals surface area contributed by atoms with Crippen LogP contribution < -0.4 is 5.32 Å². The van der Waals surface area contributed by atoms with Gasteiger partial charge in [-0.05, 0) is 47.8 Å². The molecule has 1 aliphatic heterocycles. The van der Waals surface area contributed by atoms with Crippen molar-refractivity contribution < 1.29 is 0 Å². The van der Waals surface area contributed by atoms with Crippen LogP contribution in [0.1, 0.15) is 30.6 Å². The predicted octanol–water partition coefficient (Wildman–Crippen LogP) is 4.92. The maximum Gasteiger partial charge on any atom is 0.0681 e. The van der Waals surface area contributed by atoms with E-state index in [-0.39, 0.29) is 6.04 Å². The summed E-state index contributed by atoms with van der Waals surface area (Å²) in [5.74, 6) is 0. The van der Waals surface area contributed by atoms with E-state index in [1.807, 2.05) is 6.20 Å². The van der Waals surface area contributed by atoms with Crippen LogP contribution in [0.25, 0.3) is 17.2 Å². The first-order valence-corrected chi connectivity index (χ1v) is 10.6. The van der Waals surface area contributed by atoms with E-state index in [0.29, 0.717) is 0 Å². The van der Waals surface area contributed by atoms with E-state index < -0.39 is 0 Å². The number of aromatic nitrogens is 1. The highest BCUT2D eigenvalue weighted by molar-refractivity contribution is 5.69. The van der Waals surface area contributed by atoms with E-state index in [1.165, 1.54) is 33.4 Å². The normalized spacial score (nSPS) is 21.8. The highest BCUT2D eigenvalue weighted by Gasteiger charge is 2.30. The Kier molecular flexibility index (Phi) is 5.01. The lowest BCUT2D eigenvalue weighted by Crippen LogP contribution is -2.45. The molecule has 1 saturated heterocycles. The average Bonchev–Trinajstić information content (AvgIpc) is 3.05. The van der Waals surface area contributed by atoms with Crippen LogP contribution >= 0.6 is 0 Å². The molecule has 0 spiro atoms. The summed E-state index contributed by atoms with van der Waals surface area (Å²) in [7, 11) is 0.